The molecule has 2 aliphatic rings. The zero-order valence-electron chi connectivity index (χ0n) is 27.2. The van der Waals surface area contributed by atoms with Crippen LogP contribution in [0.3, 0.4) is 0 Å². The van der Waals surface area contributed by atoms with Gasteiger partial charge in [-0.3, -0.25) is 0 Å². The molecule has 9 heteroatoms. The van der Waals surface area contributed by atoms with Gasteiger partial charge in [0.1, 0.15) is 23.0 Å². The van der Waals surface area contributed by atoms with Gasteiger partial charge in [0.2, 0.25) is 0 Å². The largest absolute Gasteiger partial charge is 0.485 e. The standard InChI is InChI=1S/C21H18O5.C18H18ClNS.ClH/c1-21(2,26-20(23)13-6-4-3-5-7-13)18-11-15-10-14-8-9-19(22)25-16(14)12-17(15)24-18;1-20(2)11-5-7-14-15-6-3-4-8-17(15)21-18-10-9-13(19)12-16(14)18;/h3-10,12,18H,11H2,1-2H3;3-4,6-10,12H,5,11H2,1-2H3;1H. The number of hydrogen-bond acceptors (Lipinski definition) is 7. The van der Waals surface area contributed by atoms with Crippen molar-refractivity contribution >= 4 is 58.3 Å². The normalized spacial score (nSPS) is 15.4. The maximum atomic E-state index is 12.4. The van der Waals surface area contributed by atoms with Crippen LogP contribution in [0.15, 0.2) is 122 Å². The highest BCUT2D eigenvalue weighted by molar-refractivity contribution is 7.99. The van der Waals surface area contributed by atoms with Gasteiger partial charge in [-0.2, -0.15) is 0 Å². The van der Waals surface area contributed by atoms with Crippen molar-refractivity contribution in [2.24, 2.45) is 0 Å². The predicted octanol–water partition coefficient (Wildman–Crippen LogP) is 9.34. The topological polar surface area (TPSA) is 69.0 Å². The van der Waals surface area contributed by atoms with Crippen LogP contribution in [0, 0.1) is 0 Å². The molecule has 0 aliphatic carbocycles. The molecule has 0 saturated carbocycles. The number of carbonyl (C=O) groups is 1. The summed E-state index contributed by atoms with van der Waals surface area (Å²) in [6.07, 6.45) is 3.66. The van der Waals surface area contributed by atoms with E-state index in [9.17, 15) is 9.59 Å². The quantitative estimate of drug-likeness (QED) is 0.127. The van der Waals surface area contributed by atoms with Crippen LogP contribution < -0.4 is 10.4 Å². The lowest BCUT2D eigenvalue weighted by Gasteiger charge is -2.30. The lowest BCUT2D eigenvalue weighted by molar-refractivity contribution is -0.0517. The third-order valence-electron chi connectivity index (χ3n) is 8.17. The van der Waals surface area contributed by atoms with Gasteiger partial charge in [-0.1, -0.05) is 65.8 Å². The molecule has 0 N–H and O–H groups in total. The maximum Gasteiger partial charge on any atom is 0.338 e. The number of carbonyl (C=O) groups excluding carboxylic acids is 1. The van der Waals surface area contributed by atoms with E-state index in [-0.39, 0.29) is 24.5 Å². The van der Waals surface area contributed by atoms with Crippen molar-refractivity contribution in [1.29, 1.82) is 0 Å². The highest BCUT2D eigenvalue weighted by atomic mass is 35.5. The van der Waals surface area contributed by atoms with Crippen LogP contribution in [-0.4, -0.2) is 43.2 Å². The number of ether oxygens (including phenoxy) is 2. The highest BCUT2D eigenvalue weighted by Gasteiger charge is 2.40. The Morgan fingerprint density at radius 3 is 2.46 bits per heavy atom. The molecule has 1 aromatic heterocycles. The van der Waals surface area contributed by atoms with Crippen molar-refractivity contribution < 1.29 is 18.7 Å². The SMILES string of the molecule is CC(C)(OC(=O)c1ccccc1)C1Cc2cc3ccc(=O)oc3cc2O1.CN(C)CCC=C1c2ccccc2Sc2ccc(Cl)cc21.Cl. The molecule has 7 rings (SSSR count). The van der Waals surface area contributed by atoms with Crippen LogP contribution >= 0.6 is 35.8 Å². The zero-order valence-corrected chi connectivity index (χ0v) is 29.6. The number of fused-ring (bicyclic) bond motifs is 4. The zero-order chi connectivity index (χ0) is 33.1. The van der Waals surface area contributed by atoms with E-state index >= 15 is 0 Å². The second-order valence-corrected chi connectivity index (χ2v) is 13.9. The molecule has 0 amide bonds. The van der Waals surface area contributed by atoms with E-state index in [1.807, 2.05) is 43.8 Å². The van der Waals surface area contributed by atoms with E-state index in [4.69, 9.17) is 25.5 Å². The highest BCUT2D eigenvalue weighted by Crippen LogP contribution is 2.46. The molecule has 248 valence electrons. The third-order valence-corrected chi connectivity index (χ3v) is 9.56. The second-order valence-electron chi connectivity index (χ2n) is 12.4. The lowest BCUT2D eigenvalue weighted by Crippen LogP contribution is -2.43. The van der Waals surface area contributed by atoms with Gasteiger partial charge in [-0.05, 0) is 105 Å². The molecule has 4 aromatic carbocycles. The summed E-state index contributed by atoms with van der Waals surface area (Å²) in [5, 5.41) is 1.64. The molecule has 1 unspecified atom stereocenters. The summed E-state index contributed by atoms with van der Waals surface area (Å²) < 4.78 is 16.9. The minimum atomic E-state index is -0.820. The average molecular weight is 703 g/mol. The molecule has 0 radical (unpaired) electrons. The Balaban J connectivity index is 0.000000188. The van der Waals surface area contributed by atoms with Gasteiger partial charge in [-0.15, -0.1) is 12.4 Å². The Morgan fingerprint density at radius 2 is 1.69 bits per heavy atom. The van der Waals surface area contributed by atoms with E-state index in [1.165, 1.54) is 32.6 Å². The third kappa shape index (κ3) is 7.99. The monoisotopic (exact) mass is 701 g/mol. The van der Waals surface area contributed by atoms with E-state index in [1.54, 1.807) is 36.4 Å². The van der Waals surface area contributed by atoms with Gasteiger partial charge in [-0.25, -0.2) is 9.59 Å². The van der Waals surface area contributed by atoms with Crippen LogP contribution in [0.2, 0.25) is 5.02 Å². The van der Waals surface area contributed by atoms with Gasteiger partial charge >= 0.3 is 11.6 Å². The predicted molar refractivity (Wildman–Crippen MR) is 196 cm³/mol. The summed E-state index contributed by atoms with van der Waals surface area (Å²) in [6.45, 7) is 4.73. The first kappa shape index (κ1) is 35.3. The summed E-state index contributed by atoms with van der Waals surface area (Å²) in [5.41, 5.74) is 4.65. The Kier molecular flexibility index (Phi) is 11.1. The smallest absolute Gasteiger partial charge is 0.338 e. The van der Waals surface area contributed by atoms with Crippen LogP contribution in [0.1, 0.15) is 47.3 Å². The van der Waals surface area contributed by atoms with Gasteiger partial charge in [0.15, 0.2) is 0 Å². The molecule has 0 saturated heterocycles. The number of esters is 1. The first-order chi connectivity index (χ1) is 22.6. The summed E-state index contributed by atoms with van der Waals surface area (Å²) in [7, 11) is 4.21. The lowest BCUT2D eigenvalue weighted by atomic mass is 9.96. The number of hydrogen-bond donors (Lipinski definition) is 0. The Hall–Kier alpha value is -4.01. The second kappa shape index (κ2) is 15.0. The molecule has 1 atom stereocenters. The van der Waals surface area contributed by atoms with Crippen molar-refractivity contribution in [1.82, 2.24) is 4.90 Å². The van der Waals surface area contributed by atoms with E-state index in [0.29, 0.717) is 23.3 Å². The summed E-state index contributed by atoms with van der Waals surface area (Å²) in [4.78, 5) is 28.6. The molecule has 0 spiro atoms. The fourth-order valence-corrected chi connectivity index (χ4v) is 6.92. The molecule has 2 aliphatic heterocycles. The molecule has 0 fully saturated rings. The average Bonchev–Trinajstić information content (AvgIpc) is 3.48. The van der Waals surface area contributed by atoms with E-state index in [2.05, 4.69) is 61.5 Å². The number of halogens is 2. The van der Waals surface area contributed by atoms with Crippen molar-refractivity contribution in [2.45, 2.75) is 48.2 Å². The summed E-state index contributed by atoms with van der Waals surface area (Å²) in [5.74, 6) is 0.270. The molecule has 6 nitrogen and oxygen atoms in total. The van der Waals surface area contributed by atoms with Gasteiger partial charge in [0.25, 0.3) is 0 Å². The van der Waals surface area contributed by atoms with Crippen molar-refractivity contribution in [3.63, 3.8) is 0 Å². The Morgan fingerprint density at radius 1 is 0.958 bits per heavy atom. The molecule has 3 heterocycles. The van der Waals surface area contributed by atoms with Gasteiger partial charge in [0, 0.05) is 45.3 Å². The van der Waals surface area contributed by atoms with Crippen molar-refractivity contribution in [2.75, 3.05) is 20.6 Å². The molecule has 0 bridgehead atoms. The fourth-order valence-electron chi connectivity index (χ4n) is 5.66. The minimum absolute atomic E-state index is 0. The van der Waals surface area contributed by atoms with E-state index in [0.717, 1.165) is 28.9 Å². The first-order valence-corrected chi connectivity index (χ1v) is 16.7. The molecule has 48 heavy (non-hydrogen) atoms. The minimum Gasteiger partial charge on any atom is -0.485 e. The van der Waals surface area contributed by atoms with Crippen LogP contribution in [0.25, 0.3) is 16.5 Å². The van der Waals surface area contributed by atoms with Gasteiger partial charge in [0.05, 0.1) is 5.56 Å². The number of rotatable bonds is 6. The van der Waals surface area contributed by atoms with Crippen LogP contribution in [-0.2, 0) is 11.2 Å². The van der Waals surface area contributed by atoms with Gasteiger partial charge < -0.3 is 18.8 Å². The molecule has 5 aromatic rings. The molecular weight excluding hydrogens is 665 g/mol. The molecular formula is C39H37Cl2NO5S. The first-order valence-electron chi connectivity index (χ1n) is 15.5. The van der Waals surface area contributed by atoms with Crippen LogP contribution in [0.5, 0.6) is 5.75 Å². The summed E-state index contributed by atoms with van der Waals surface area (Å²) >= 11 is 8.03. The van der Waals surface area contributed by atoms with Crippen molar-refractivity contribution in [3.8, 4) is 5.75 Å². The number of nitrogens with zero attached hydrogens (tertiary/aromatic N) is 1. The Labute approximate surface area is 296 Å². The summed E-state index contributed by atoms with van der Waals surface area (Å²) in [6, 6.07) is 30.5. The van der Waals surface area contributed by atoms with Crippen molar-refractivity contribution in [3.05, 3.63) is 141 Å². The Bertz CT molecular complexity index is 2020. The number of benzene rings is 4. The fraction of sp³-hybridized carbons (Fsp3) is 0.231. The maximum absolute atomic E-state index is 12.4. The van der Waals surface area contributed by atoms with E-state index < -0.39 is 11.2 Å². The van der Waals surface area contributed by atoms with Crippen LogP contribution in [0.4, 0.5) is 0 Å².